The number of aromatic nitrogens is 3. The third-order valence-corrected chi connectivity index (χ3v) is 2.31. The van der Waals surface area contributed by atoms with Gasteiger partial charge in [-0.05, 0) is 24.5 Å². The van der Waals surface area contributed by atoms with Gasteiger partial charge in [-0.15, -0.1) is 0 Å². The summed E-state index contributed by atoms with van der Waals surface area (Å²) in [6.45, 7) is 0.444. The second-order valence-corrected chi connectivity index (χ2v) is 3.70. The van der Waals surface area contributed by atoms with E-state index in [4.69, 9.17) is 10.5 Å². The summed E-state index contributed by atoms with van der Waals surface area (Å²) < 4.78 is 18.1. The summed E-state index contributed by atoms with van der Waals surface area (Å²) in [6.07, 6.45) is 6.19. The van der Waals surface area contributed by atoms with Gasteiger partial charge in [0.2, 0.25) is 0 Å². The summed E-state index contributed by atoms with van der Waals surface area (Å²) >= 11 is 0. The van der Waals surface area contributed by atoms with Crippen LogP contribution in [-0.2, 0) is 6.42 Å². The van der Waals surface area contributed by atoms with Gasteiger partial charge in [0.1, 0.15) is 0 Å². The van der Waals surface area contributed by atoms with E-state index in [1.54, 1.807) is 6.20 Å². The molecule has 94 valence electrons. The van der Waals surface area contributed by atoms with Crippen LogP contribution in [0.1, 0.15) is 12.0 Å². The van der Waals surface area contributed by atoms with Crippen LogP contribution in [0.15, 0.2) is 30.7 Å². The second-order valence-electron chi connectivity index (χ2n) is 3.70. The van der Waals surface area contributed by atoms with Crippen LogP contribution in [0.2, 0.25) is 0 Å². The number of aryl methyl sites for hydroxylation is 1. The highest BCUT2D eigenvalue weighted by Crippen LogP contribution is 2.09. The fraction of sp³-hybridized carbons (Fsp3) is 0.250. The highest BCUT2D eigenvalue weighted by molar-refractivity contribution is 5.29. The predicted molar refractivity (Wildman–Crippen MR) is 64.5 cm³/mol. The maximum atomic E-state index is 12.8. The van der Waals surface area contributed by atoms with Gasteiger partial charge >= 0.3 is 6.01 Å². The largest absolute Gasteiger partial charge is 0.463 e. The van der Waals surface area contributed by atoms with Gasteiger partial charge in [0.05, 0.1) is 12.8 Å². The highest BCUT2D eigenvalue weighted by atomic mass is 19.1. The normalized spacial score (nSPS) is 10.3. The number of hydrogen-bond acceptors (Lipinski definition) is 5. The fourth-order valence-electron chi connectivity index (χ4n) is 1.42. The predicted octanol–water partition coefficient (Wildman–Crippen LogP) is 1.60. The molecular formula is C12H13FN4O. The number of nitrogens with zero attached hydrogens (tertiary/aromatic N) is 3. The molecule has 0 spiro atoms. The van der Waals surface area contributed by atoms with Crippen molar-refractivity contribution in [3.8, 4) is 6.01 Å². The molecule has 18 heavy (non-hydrogen) atoms. The Balaban J connectivity index is 1.77. The first-order valence-corrected chi connectivity index (χ1v) is 5.55. The summed E-state index contributed by atoms with van der Waals surface area (Å²) in [5.74, 6) is -0.843. The Labute approximate surface area is 104 Å². The third kappa shape index (κ3) is 3.38. The Bertz CT molecular complexity index is 507. The smallest absolute Gasteiger partial charge is 0.318 e. The molecule has 0 radical (unpaired) electrons. The number of ether oxygens (including phenoxy) is 1. The summed E-state index contributed by atoms with van der Waals surface area (Å²) in [5.41, 5.74) is 6.44. The molecule has 0 aliphatic heterocycles. The lowest BCUT2D eigenvalue weighted by molar-refractivity contribution is 0.286. The topological polar surface area (TPSA) is 73.9 Å². The third-order valence-electron chi connectivity index (χ3n) is 2.31. The molecule has 0 bridgehead atoms. The van der Waals surface area contributed by atoms with E-state index >= 15 is 0 Å². The number of halogens is 1. The molecule has 0 atom stereocenters. The molecule has 0 aliphatic rings. The highest BCUT2D eigenvalue weighted by Gasteiger charge is 2.03. The Morgan fingerprint density at radius 2 is 2.22 bits per heavy atom. The quantitative estimate of drug-likeness (QED) is 0.813. The molecule has 0 amide bonds. The summed E-state index contributed by atoms with van der Waals surface area (Å²) in [5, 5.41) is 0. The summed E-state index contributed by atoms with van der Waals surface area (Å²) in [7, 11) is 0. The molecule has 0 aromatic carbocycles. The van der Waals surface area contributed by atoms with E-state index in [1.807, 2.05) is 18.3 Å². The number of pyridine rings is 1. The molecule has 2 heterocycles. The van der Waals surface area contributed by atoms with Gasteiger partial charge in [-0.1, -0.05) is 6.07 Å². The van der Waals surface area contributed by atoms with E-state index < -0.39 is 5.82 Å². The molecule has 6 heteroatoms. The van der Waals surface area contributed by atoms with Gasteiger partial charge in [-0.2, -0.15) is 4.98 Å². The molecule has 0 saturated carbocycles. The first-order valence-electron chi connectivity index (χ1n) is 5.55. The van der Waals surface area contributed by atoms with Crippen molar-refractivity contribution in [3.05, 3.63) is 42.1 Å². The van der Waals surface area contributed by atoms with Crippen molar-refractivity contribution in [1.29, 1.82) is 0 Å². The van der Waals surface area contributed by atoms with Crippen LogP contribution in [-0.4, -0.2) is 21.6 Å². The minimum Gasteiger partial charge on any atom is -0.463 e. The first-order chi connectivity index (χ1) is 8.75. The average molecular weight is 248 g/mol. The maximum absolute atomic E-state index is 12.8. The molecule has 0 aliphatic carbocycles. The fourth-order valence-corrected chi connectivity index (χ4v) is 1.42. The van der Waals surface area contributed by atoms with Gasteiger partial charge in [-0.25, -0.2) is 9.37 Å². The molecule has 2 aromatic rings. The molecule has 2 N–H and O–H groups in total. The van der Waals surface area contributed by atoms with Crippen LogP contribution < -0.4 is 10.5 Å². The van der Waals surface area contributed by atoms with Crippen molar-refractivity contribution in [2.75, 3.05) is 12.3 Å². The Morgan fingerprint density at radius 1 is 1.33 bits per heavy atom. The SMILES string of the molecule is Nc1nc(OCCCc2cccnc2)ncc1F. The zero-order chi connectivity index (χ0) is 12.8. The van der Waals surface area contributed by atoms with Crippen LogP contribution in [0.3, 0.4) is 0 Å². The van der Waals surface area contributed by atoms with E-state index in [9.17, 15) is 4.39 Å². The van der Waals surface area contributed by atoms with Crippen molar-refractivity contribution in [2.45, 2.75) is 12.8 Å². The zero-order valence-electron chi connectivity index (χ0n) is 9.71. The van der Waals surface area contributed by atoms with Crippen LogP contribution in [0.4, 0.5) is 10.2 Å². The summed E-state index contributed by atoms with van der Waals surface area (Å²) in [6, 6.07) is 3.99. The molecule has 5 nitrogen and oxygen atoms in total. The Hall–Kier alpha value is -2.24. The molecular weight excluding hydrogens is 235 g/mol. The molecule has 0 saturated heterocycles. The maximum Gasteiger partial charge on any atom is 0.318 e. The number of hydrogen-bond donors (Lipinski definition) is 1. The lowest BCUT2D eigenvalue weighted by Gasteiger charge is -2.04. The molecule has 2 rings (SSSR count). The standard InChI is InChI=1S/C12H13FN4O/c13-10-8-16-12(17-11(10)14)18-6-2-4-9-3-1-5-15-7-9/h1,3,5,7-8H,2,4,6H2,(H2,14,16,17). The van der Waals surface area contributed by atoms with E-state index in [-0.39, 0.29) is 11.8 Å². The van der Waals surface area contributed by atoms with Crippen LogP contribution >= 0.6 is 0 Å². The van der Waals surface area contributed by atoms with E-state index in [2.05, 4.69) is 15.0 Å². The number of nitrogen functional groups attached to an aromatic ring is 1. The average Bonchev–Trinajstić information content (AvgIpc) is 2.40. The van der Waals surface area contributed by atoms with Crippen molar-refractivity contribution >= 4 is 5.82 Å². The van der Waals surface area contributed by atoms with Crippen LogP contribution in [0.5, 0.6) is 6.01 Å². The minimum absolute atomic E-state index is 0.0973. The Kier molecular flexibility index (Phi) is 4.01. The molecule has 0 unspecified atom stereocenters. The lowest BCUT2D eigenvalue weighted by Crippen LogP contribution is -2.05. The number of nitrogens with two attached hydrogens (primary N) is 1. The minimum atomic E-state index is -0.641. The van der Waals surface area contributed by atoms with Gasteiger partial charge in [0.15, 0.2) is 11.6 Å². The molecule has 2 aromatic heterocycles. The van der Waals surface area contributed by atoms with Gasteiger partial charge in [0.25, 0.3) is 0 Å². The number of anilines is 1. The molecule has 0 fully saturated rings. The van der Waals surface area contributed by atoms with Crippen LogP contribution in [0.25, 0.3) is 0 Å². The van der Waals surface area contributed by atoms with Crippen molar-refractivity contribution in [2.24, 2.45) is 0 Å². The van der Waals surface area contributed by atoms with Crippen LogP contribution in [0, 0.1) is 5.82 Å². The van der Waals surface area contributed by atoms with E-state index in [0.29, 0.717) is 6.61 Å². The zero-order valence-corrected chi connectivity index (χ0v) is 9.71. The summed E-state index contributed by atoms with van der Waals surface area (Å²) in [4.78, 5) is 11.4. The van der Waals surface area contributed by atoms with Gasteiger partial charge in [-0.3, -0.25) is 4.98 Å². The van der Waals surface area contributed by atoms with E-state index in [0.717, 1.165) is 24.6 Å². The van der Waals surface area contributed by atoms with Crippen molar-refractivity contribution in [3.63, 3.8) is 0 Å². The van der Waals surface area contributed by atoms with Gasteiger partial charge < -0.3 is 10.5 Å². The second kappa shape index (κ2) is 5.90. The lowest BCUT2D eigenvalue weighted by atomic mass is 10.2. The Morgan fingerprint density at radius 3 is 2.94 bits per heavy atom. The first kappa shape index (κ1) is 12.2. The van der Waals surface area contributed by atoms with Crippen molar-refractivity contribution < 1.29 is 9.13 Å². The monoisotopic (exact) mass is 248 g/mol. The number of rotatable bonds is 5. The van der Waals surface area contributed by atoms with E-state index in [1.165, 1.54) is 0 Å². The van der Waals surface area contributed by atoms with Crippen molar-refractivity contribution in [1.82, 2.24) is 15.0 Å². The van der Waals surface area contributed by atoms with Gasteiger partial charge in [0, 0.05) is 12.4 Å².